The van der Waals surface area contributed by atoms with Crippen LogP contribution in [0, 0.1) is 0 Å². The summed E-state index contributed by atoms with van der Waals surface area (Å²) in [5, 5.41) is 38.5. The molecule has 0 unspecified atom stereocenters. The Labute approximate surface area is 202 Å². The molecule has 0 fully saturated rings. The minimum Gasteiger partial charge on any atom is -0.854 e. The molecule has 0 aromatic rings. The molecule has 0 N–H and O–H groups in total. The van der Waals surface area contributed by atoms with Crippen molar-refractivity contribution in [1.82, 2.24) is 0 Å². The van der Waals surface area contributed by atoms with Gasteiger partial charge in [-0.3, -0.25) is 14.4 Å². The molecule has 0 aromatic carbocycles. The largest absolute Gasteiger partial charge is 4.00 e. The Morgan fingerprint density at radius 3 is 1.03 bits per heavy atom. The molecule has 31 heavy (non-hydrogen) atoms. The Morgan fingerprint density at radius 2 is 0.935 bits per heavy atom. The number of carbonyl (C=O) groups excluding carboxylic acids is 6. The summed E-state index contributed by atoms with van der Waals surface area (Å²) in [4.78, 5) is 59.7. The number of Topliss-reactive ketones (excluding diaryl/α,β-unsaturated/α-hetero) is 3. The summed E-state index contributed by atoms with van der Waals surface area (Å²) in [6.07, 6.45) is 2.60. The number of hydrogen-bond donors (Lipinski definition) is 0. The predicted octanol–water partition coefficient (Wildman–Crippen LogP) is -2.15. The van der Waals surface area contributed by atoms with Crippen molar-refractivity contribution in [2.75, 3.05) is 6.61 Å². The van der Waals surface area contributed by atoms with Crippen LogP contribution in [0.2, 0.25) is 0 Å². The Hall–Kier alpha value is -1.74. The molecule has 0 rings (SSSR count). The molecule has 0 heterocycles. The predicted molar refractivity (Wildman–Crippen MR) is 99.2 cm³/mol. The summed E-state index contributed by atoms with van der Waals surface area (Å²) in [7, 11) is 0. The second-order valence-corrected chi connectivity index (χ2v) is 5.98. The van der Waals surface area contributed by atoms with Gasteiger partial charge in [-0.25, -0.2) is 0 Å². The van der Waals surface area contributed by atoms with E-state index in [-0.39, 0.29) is 50.2 Å². The number of unbranched alkanes of at least 4 members (excludes halogenated alkanes) is 1. The van der Waals surface area contributed by atoms with E-state index in [0.717, 1.165) is 12.8 Å². The van der Waals surface area contributed by atoms with E-state index in [1.807, 2.05) is 20.8 Å². The molecule has 0 amide bonds. The molecule has 0 aromatic heterocycles. The van der Waals surface area contributed by atoms with Gasteiger partial charge in [-0.2, -0.15) is 0 Å². The summed E-state index contributed by atoms with van der Waals surface area (Å²) in [6.45, 7) is 6.96. The first-order valence-electron chi connectivity index (χ1n) is 9.58. The first kappa shape index (κ1) is 39.7. The second-order valence-electron chi connectivity index (χ2n) is 5.98. The fourth-order valence-corrected chi connectivity index (χ4v) is 1.40. The zero-order chi connectivity index (χ0) is 24.5. The maximum absolute atomic E-state index is 10.4. The van der Waals surface area contributed by atoms with E-state index in [4.69, 9.17) is 0 Å². The van der Waals surface area contributed by atoms with Crippen LogP contribution in [0.25, 0.3) is 0 Å². The van der Waals surface area contributed by atoms with E-state index >= 15 is 0 Å². The molecule has 0 saturated heterocycles. The van der Waals surface area contributed by atoms with Crippen LogP contribution in [-0.4, -0.2) is 41.9 Å². The van der Waals surface area contributed by atoms with Crippen LogP contribution >= 0.6 is 0 Å². The maximum Gasteiger partial charge on any atom is 4.00 e. The van der Waals surface area contributed by atoms with Crippen LogP contribution in [0.5, 0.6) is 0 Å². The van der Waals surface area contributed by atoms with Gasteiger partial charge in [0.2, 0.25) is 0 Å². The van der Waals surface area contributed by atoms with E-state index < -0.39 is 37.2 Å². The van der Waals surface area contributed by atoms with Crippen molar-refractivity contribution < 1.29 is 75.4 Å². The summed E-state index contributed by atoms with van der Waals surface area (Å²) < 4.78 is 0. The minimum absolute atomic E-state index is 0. The molecule has 176 valence electrons. The van der Waals surface area contributed by atoms with Crippen molar-refractivity contribution in [1.29, 1.82) is 0 Å². The van der Waals surface area contributed by atoms with Crippen LogP contribution in [-0.2, 0) is 55.0 Å². The minimum atomic E-state index is -1.31. The number of ketones is 3. The summed E-state index contributed by atoms with van der Waals surface area (Å²) in [6, 6.07) is 0. The van der Waals surface area contributed by atoms with Gasteiger partial charge in [-0.15, -0.1) is 6.61 Å². The van der Waals surface area contributed by atoms with Crippen molar-refractivity contribution in [3.05, 3.63) is 0 Å². The normalized spacial score (nSPS) is 8.42. The van der Waals surface area contributed by atoms with Crippen LogP contribution in [0.3, 0.4) is 0 Å². The maximum atomic E-state index is 10.4. The number of hydrogen-bond acceptors (Lipinski definition) is 10. The molecule has 0 saturated carbocycles. The Bertz CT molecular complexity index is 474. The van der Waals surface area contributed by atoms with Gasteiger partial charge < -0.3 is 34.8 Å². The summed E-state index contributed by atoms with van der Waals surface area (Å²) in [5.74, 6) is -4.76. The third-order valence-corrected chi connectivity index (χ3v) is 2.63. The smallest absolute Gasteiger partial charge is 0.854 e. The summed E-state index contributed by atoms with van der Waals surface area (Å²) in [5.41, 5.74) is 0. The van der Waals surface area contributed by atoms with E-state index in [9.17, 15) is 49.2 Å². The van der Waals surface area contributed by atoms with E-state index in [0.29, 0.717) is 25.7 Å². The van der Waals surface area contributed by atoms with Gasteiger partial charge in [0.05, 0.1) is 0 Å². The number of aliphatic carboxylic acids is 3. The fraction of sp³-hybridized carbons (Fsp3) is 0.700. The molecule has 0 aliphatic rings. The van der Waals surface area contributed by atoms with E-state index in [2.05, 4.69) is 0 Å². The average Bonchev–Trinajstić information content (AvgIpc) is 2.55. The van der Waals surface area contributed by atoms with Crippen molar-refractivity contribution in [3.63, 3.8) is 0 Å². The van der Waals surface area contributed by atoms with Crippen molar-refractivity contribution >= 4 is 35.3 Å². The van der Waals surface area contributed by atoms with Crippen LogP contribution in [0.15, 0.2) is 0 Å². The zero-order valence-electron chi connectivity index (χ0n) is 18.7. The fourth-order valence-electron chi connectivity index (χ4n) is 1.40. The molecule has 0 spiro atoms. The van der Waals surface area contributed by atoms with Gasteiger partial charge in [0.15, 0.2) is 0 Å². The topological polar surface area (TPSA) is 195 Å². The SMILES string of the molecule is CC(=O)CC(=O)[O-].CCCC(=O)CC(=O)[O-].CCCC(=O)CC(=O)[O-].CCCC[O-].[Zr+4]. The van der Waals surface area contributed by atoms with E-state index in [1.54, 1.807) is 0 Å². The van der Waals surface area contributed by atoms with Gasteiger partial charge in [0, 0.05) is 50.0 Å². The third-order valence-electron chi connectivity index (χ3n) is 2.63. The van der Waals surface area contributed by atoms with Gasteiger partial charge in [-0.05, 0) is 19.8 Å². The van der Waals surface area contributed by atoms with Crippen molar-refractivity contribution in [3.8, 4) is 0 Å². The van der Waals surface area contributed by atoms with Crippen molar-refractivity contribution in [2.24, 2.45) is 0 Å². The quantitative estimate of drug-likeness (QED) is 0.254. The molecule has 0 aliphatic carbocycles. The zero-order valence-corrected chi connectivity index (χ0v) is 21.1. The molecule has 0 atom stereocenters. The summed E-state index contributed by atoms with van der Waals surface area (Å²) >= 11 is 0. The number of carboxylic acids is 3. The molecule has 11 heteroatoms. The van der Waals surface area contributed by atoms with Gasteiger partial charge in [0.1, 0.15) is 17.3 Å². The molecule has 0 bridgehead atoms. The Balaban J connectivity index is -0.0000000980. The van der Waals surface area contributed by atoms with Gasteiger partial charge in [0.25, 0.3) is 0 Å². The number of carbonyl (C=O) groups is 6. The number of carboxylic acid groups (broad SMARTS) is 3. The Morgan fingerprint density at radius 1 is 0.613 bits per heavy atom. The molecular weight excluding hydrogens is 491 g/mol. The molecule has 10 nitrogen and oxygen atoms in total. The first-order valence-corrected chi connectivity index (χ1v) is 9.58. The average molecular weight is 524 g/mol. The van der Waals surface area contributed by atoms with Gasteiger partial charge >= 0.3 is 26.2 Å². The van der Waals surface area contributed by atoms with Crippen LogP contribution in [0.1, 0.15) is 85.5 Å². The first-order chi connectivity index (χ1) is 13.9. The standard InChI is InChI=1S/2C6H10O3.C4H6O3.C4H9O.Zr/c2*1-2-3-5(7)4-6(8)9;1-3(5)2-4(6)7;1-2-3-4-5;/h2*2-4H2,1H3,(H,8,9);2H2,1H3,(H,6,7);2-4H2,1H3;/q;;;-1;+4/p-3. The van der Waals surface area contributed by atoms with Crippen LogP contribution in [0.4, 0.5) is 0 Å². The second kappa shape index (κ2) is 30.5. The van der Waals surface area contributed by atoms with Gasteiger partial charge in [-0.1, -0.05) is 33.6 Å². The monoisotopic (exact) mass is 522 g/mol. The third kappa shape index (κ3) is 58.4. The Kier molecular flexibility index (Phi) is 39.0. The number of rotatable bonds is 12. The van der Waals surface area contributed by atoms with E-state index in [1.165, 1.54) is 6.92 Å². The molecule has 0 aliphatic heterocycles. The molecule has 0 radical (unpaired) electrons. The van der Waals surface area contributed by atoms with Crippen molar-refractivity contribution in [2.45, 2.75) is 85.5 Å². The van der Waals surface area contributed by atoms with Crippen LogP contribution < -0.4 is 20.4 Å². The molecular formula is C20H32O10Zr.